The molecule has 0 unspecified atom stereocenters. The topological polar surface area (TPSA) is 72.9 Å². The summed E-state index contributed by atoms with van der Waals surface area (Å²) in [6.07, 6.45) is 6.74. The maximum atomic E-state index is 11.4. The Hall–Kier alpha value is -2.89. The lowest BCUT2D eigenvalue weighted by Crippen LogP contribution is -2.10. The molecule has 0 radical (unpaired) electrons. The van der Waals surface area contributed by atoms with Crippen molar-refractivity contribution >= 4 is 0 Å². The van der Waals surface area contributed by atoms with Crippen LogP contribution in [0.5, 0.6) is 5.75 Å². The Kier molecular flexibility index (Phi) is 5.51. The normalized spacial score (nSPS) is 11.0. The first-order valence-electron chi connectivity index (χ1n) is 8.91. The number of aryl methyl sites for hydroxylation is 3. The summed E-state index contributed by atoms with van der Waals surface area (Å²) in [5.41, 5.74) is 3.51. The lowest BCUT2D eigenvalue weighted by Gasteiger charge is -2.11. The van der Waals surface area contributed by atoms with Crippen LogP contribution in [-0.4, -0.2) is 24.7 Å². The zero-order chi connectivity index (χ0) is 18.5. The van der Waals surface area contributed by atoms with E-state index in [0.717, 1.165) is 43.6 Å². The van der Waals surface area contributed by atoms with Gasteiger partial charge in [-0.15, -0.1) is 5.10 Å². The maximum Gasteiger partial charge on any atom is 0.223 e. The summed E-state index contributed by atoms with van der Waals surface area (Å²) in [4.78, 5) is 11.4. The molecule has 6 nitrogen and oxygen atoms in total. The van der Waals surface area contributed by atoms with Crippen molar-refractivity contribution in [2.75, 3.05) is 0 Å². The van der Waals surface area contributed by atoms with Gasteiger partial charge in [0.15, 0.2) is 5.75 Å². The fraction of sp³-hybridized carbons (Fsp3) is 0.350. The first-order valence-corrected chi connectivity index (χ1v) is 8.91. The van der Waals surface area contributed by atoms with Crippen molar-refractivity contribution in [3.05, 3.63) is 64.2 Å². The second-order valence-corrected chi connectivity index (χ2v) is 6.55. The van der Waals surface area contributed by atoms with Gasteiger partial charge in [-0.05, 0) is 38.7 Å². The minimum Gasteiger partial charge on any atom is -0.503 e. The third-order valence-corrected chi connectivity index (χ3v) is 4.66. The average molecular weight is 352 g/mol. The minimum atomic E-state index is -0.325. The number of rotatable bonds is 7. The van der Waals surface area contributed by atoms with Crippen LogP contribution >= 0.6 is 0 Å². The average Bonchev–Trinajstić information content (AvgIpc) is 3.10. The Balaban J connectivity index is 1.48. The van der Waals surface area contributed by atoms with Crippen LogP contribution in [0.1, 0.15) is 30.5 Å². The van der Waals surface area contributed by atoms with E-state index in [2.05, 4.69) is 29.4 Å². The largest absolute Gasteiger partial charge is 0.503 e. The van der Waals surface area contributed by atoms with Crippen LogP contribution < -0.4 is 5.43 Å². The molecule has 26 heavy (non-hydrogen) atoms. The van der Waals surface area contributed by atoms with Gasteiger partial charge in [0, 0.05) is 30.9 Å². The summed E-state index contributed by atoms with van der Waals surface area (Å²) in [5, 5.41) is 18.2. The van der Waals surface area contributed by atoms with Gasteiger partial charge in [0.2, 0.25) is 5.43 Å². The number of benzene rings is 1. The van der Waals surface area contributed by atoms with E-state index in [4.69, 9.17) is 0 Å². The molecule has 0 atom stereocenters. The summed E-state index contributed by atoms with van der Waals surface area (Å²) in [7, 11) is 0. The molecule has 0 bridgehead atoms. The molecule has 0 saturated carbocycles. The van der Waals surface area contributed by atoms with E-state index in [1.54, 1.807) is 13.1 Å². The summed E-state index contributed by atoms with van der Waals surface area (Å²) >= 11 is 0. The first kappa shape index (κ1) is 17.9. The maximum absolute atomic E-state index is 11.4. The standard InChI is InChI=1S/C20H24N4O2/c1-15-8-4-5-9-17(15)18-14-24(22-21-18)12-7-3-6-11-23-13-10-19(25)20(26)16(23)2/h4-5,8-10,13-14,26H,3,6-7,11-12H2,1-2H3. The van der Waals surface area contributed by atoms with E-state index >= 15 is 0 Å². The summed E-state index contributed by atoms with van der Waals surface area (Å²) in [5.74, 6) is -0.154. The molecule has 0 saturated heterocycles. The Morgan fingerprint density at radius 1 is 1.04 bits per heavy atom. The smallest absolute Gasteiger partial charge is 0.223 e. The molecular weight excluding hydrogens is 328 g/mol. The lowest BCUT2D eigenvalue weighted by atomic mass is 10.1. The molecule has 2 heterocycles. The molecule has 2 aromatic heterocycles. The van der Waals surface area contributed by atoms with Crippen molar-refractivity contribution in [2.24, 2.45) is 0 Å². The first-order chi connectivity index (χ1) is 12.6. The van der Waals surface area contributed by atoms with Crippen molar-refractivity contribution in [1.82, 2.24) is 19.6 Å². The molecule has 0 aliphatic heterocycles. The monoisotopic (exact) mass is 352 g/mol. The van der Waals surface area contributed by atoms with Crippen LogP contribution in [-0.2, 0) is 13.1 Å². The van der Waals surface area contributed by atoms with Gasteiger partial charge < -0.3 is 9.67 Å². The molecule has 3 aromatic rings. The highest BCUT2D eigenvalue weighted by Gasteiger charge is 2.07. The van der Waals surface area contributed by atoms with Crippen LogP contribution in [0.3, 0.4) is 0 Å². The van der Waals surface area contributed by atoms with Crippen molar-refractivity contribution in [2.45, 2.75) is 46.2 Å². The van der Waals surface area contributed by atoms with Gasteiger partial charge in [-0.2, -0.15) is 0 Å². The van der Waals surface area contributed by atoms with Gasteiger partial charge >= 0.3 is 0 Å². The second-order valence-electron chi connectivity index (χ2n) is 6.55. The van der Waals surface area contributed by atoms with Crippen molar-refractivity contribution in [3.8, 4) is 17.0 Å². The summed E-state index contributed by atoms with van der Waals surface area (Å²) in [6.45, 7) is 5.45. The number of hydrogen-bond acceptors (Lipinski definition) is 4. The molecule has 0 spiro atoms. The molecule has 3 rings (SSSR count). The highest BCUT2D eigenvalue weighted by Crippen LogP contribution is 2.20. The fourth-order valence-electron chi connectivity index (χ4n) is 3.03. The van der Waals surface area contributed by atoms with Gasteiger partial charge in [0.05, 0.1) is 11.9 Å². The zero-order valence-corrected chi connectivity index (χ0v) is 15.2. The third-order valence-electron chi connectivity index (χ3n) is 4.66. The highest BCUT2D eigenvalue weighted by atomic mass is 16.3. The number of aromatic nitrogens is 4. The number of aromatic hydroxyl groups is 1. The Bertz CT molecular complexity index is 943. The molecule has 0 fully saturated rings. The van der Waals surface area contributed by atoms with E-state index in [1.807, 2.05) is 27.6 Å². The minimum absolute atomic E-state index is 0.154. The SMILES string of the molecule is Cc1ccccc1-c1cn(CCCCCn2ccc(=O)c(O)c2C)nn1. The fourth-order valence-corrected chi connectivity index (χ4v) is 3.03. The van der Waals surface area contributed by atoms with Crippen LogP contribution in [0.4, 0.5) is 0 Å². The third kappa shape index (κ3) is 4.02. The van der Waals surface area contributed by atoms with Crippen LogP contribution in [0, 0.1) is 13.8 Å². The zero-order valence-electron chi connectivity index (χ0n) is 15.2. The van der Waals surface area contributed by atoms with Crippen molar-refractivity contribution in [1.29, 1.82) is 0 Å². The number of nitrogens with zero attached hydrogens (tertiary/aromatic N) is 4. The molecule has 1 aromatic carbocycles. The molecule has 136 valence electrons. The van der Waals surface area contributed by atoms with Gasteiger partial charge in [0.25, 0.3) is 0 Å². The lowest BCUT2D eigenvalue weighted by molar-refractivity contribution is 0.448. The highest BCUT2D eigenvalue weighted by molar-refractivity contribution is 5.61. The summed E-state index contributed by atoms with van der Waals surface area (Å²) < 4.78 is 3.81. The van der Waals surface area contributed by atoms with Crippen LogP contribution in [0.15, 0.2) is 47.5 Å². The van der Waals surface area contributed by atoms with Crippen LogP contribution in [0.25, 0.3) is 11.3 Å². The predicted octanol–water partition coefficient (Wildman–Crippen LogP) is 3.30. The van der Waals surface area contributed by atoms with Crippen LogP contribution in [0.2, 0.25) is 0 Å². The Morgan fingerprint density at radius 3 is 2.62 bits per heavy atom. The molecule has 0 aliphatic rings. The number of hydrogen-bond donors (Lipinski definition) is 1. The molecular formula is C20H24N4O2. The summed E-state index contributed by atoms with van der Waals surface area (Å²) in [6, 6.07) is 9.58. The van der Waals surface area contributed by atoms with E-state index in [0.29, 0.717) is 5.69 Å². The van der Waals surface area contributed by atoms with Gasteiger partial charge in [0.1, 0.15) is 5.69 Å². The molecule has 0 aliphatic carbocycles. The number of pyridine rings is 1. The number of unbranched alkanes of at least 4 members (excludes halogenated alkanes) is 2. The van der Waals surface area contributed by atoms with E-state index in [-0.39, 0.29) is 11.2 Å². The molecule has 1 N–H and O–H groups in total. The molecule has 0 amide bonds. The van der Waals surface area contributed by atoms with Crippen molar-refractivity contribution < 1.29 is 5.11 Å². The second kappa shape index (κ2) is 7.99. The van der Waals surface area contributed by atoms with Crippen molar-refractivity contribution in [3.63, 3.8) is 0 Å². The van der Waals surface area contributed by atoms with E-state index in [1.165, 1.54) is 11.6 Å². The van der Waals surface area contributed by atoms with Gasteiger partial charge in [-0.25, -0.2) is 0 Å². The Morgan fingerprint density at radius 2 is 1.81 bits per heavy atom. The van der Waals surface area contributed by atoms with Gasteiger partial charge in [-0.3, -0.25) is 9.48 Å². The van der Waals surface area contributed by atoms with Gasteiger partial charge in [-0.1, -0.05) is 29.5 Å². The van der Waals surface area contributed by atoms with E-state index in [9.17, 15) is 9.90 Å². The predicted molar refractivity (Wildman–Crippen MR) is 101 cm³/mol. The molecule has 6 heteroatoms. The quantitative estimate of drug-likeness (QED) is 0.662. The Labute approximate surface area is 152 Å². The van der Waals surface area contributed by atoms with E-state index < -0.39 is 0 Å².